The number of nitrogens with one attached hydrogen (secondary N) is 1. The van der Waals surface area contributed by atoms with E-state index in [9.17, 15) is 4.39 Å². The van der Waals surface area contributed by atoms with Crippen LogP contribution < -0.4 is 10.2 Å². The van der Waals surface area contributed by atoms with E-state index in [-0.39, 0.29) is 5.82 Å². The predicted molar refractivity (Wildman–Crippen MR) is 82.9 cm³/mol. The number of hydrogen-bond donors (Lipinski definition) is 1. The molecule has 4 heteroatoms. The lowest BCUT2D eigenvalue weighted by atomic mass is 10.2. The molecule has 0 aromatic heterocycles. The summed E-state index contributed by atoms with van der Waals surface area (Å²) in [7, 11) is 0. The minimum Gasteiger partial charge on any atom is -0.380 e. The summed E-state index contributed by atoms with van der Waals surface area (Å²) in [5, 5.41) is 3.33. The summed E-state index contributed by atoms with van der Waals surface area (Å²) in [6.07, 6.45) is 2.29. The summed E-state index contributed by atoms with van der Waals surface area (Å²) < 4.78 is 19.2. The number of anilines is 1. The zero-order valence-corrected chi connectivity index (χ0v) is 12.7. The molecular formula is C16H27FN2O. The molecule has 1 aromatic carbocycles. The topological polar surface area (TPSA) is 24.5 Å². The second-order valence-electron chi connectivity index (χ2n) is 4.75. The summed E-state index contributed by atoms with van der Waals surface area (Å²) in [6, 6.07) is 6.92. The van der Waals surface area contributed by atoms with Crippen molar-refractivity contribution in [3.63, 3.8) is 0 Å². The third-order valence-corrected chi connectivity index (χ3v) is 3.20. The quantitative estimate of drug-likeness (QED) is 0.631. The highest BCUT2D eigenvalue weighted by molar-refractivity contribution is 5.47. The molecule has 0 fully saturated rings. The minimum absolute atomic E-state index is 0.155. The van der Waals surface area contributed by atoms with Crippen LogP contribution in [-0.2, 0) is 4.74 Å². The number of nitrogens with zero attached hydrogens (tertiary/aromatic N) is 1. The Morgan fingerprint density at radius 2 is 1.95 bits per heavy atom. The van der Waals surface area contributed by atoms with Gasteiger partial charge in [-0.3, -0.25) is 0 Å². The molecule has 0 unspecified atom stereocenters. The van der Waals surface area contributed by atoms with Gasteiger partial charge in [-0.15, -0.1) is 0 Å². The fourth-order valence-corrected chi connectivity index (χ4v) is 1.99. The van der Waals surface area contributed by atoms with E-state index in [0.29, 0.717) is 5.69 Å². The van der Waals surface area contributed by atoms with Gasteiger partial charge in [0.2, 0.25) is 0 Å². The fourth-order valence-electron chi connectivity index (χ4n) is 1.99. The van der Waals surface area contributed by atoms with Crippen molar-refractivity contribution in [3.05, 3.63) is 30.1 Å². The molecule has 1 N–H and O–H groups in total. The van der Waals surface area contributed by atoms with Crippen LogP contribution in [0.15, 0.2) is 24.3 Å². The molecule has 0 aliphatic rings. The zero-order valence-electron chi connectivity index (χ0n) is 12.7. The van der Waals surface area contributed by atoms with E-state index in [2.05, 4.69) is 12.2 Å². The summed E-state index contributed by atoms with van der Waals surface area (Å²) >= 11 is 0. The van der Waals surface area contributed by atoms with Gasteiger partial charge in [-0.05, 0) is 25.5 Å². The number of para-hydroxylation sites is 1. The Bertz CT molecular complexity index is 360. The van der Waals surface area contributed by atoms with Crippen LogP contribution in [0.2, 0.25) is 0 Å². The van der Waals surface area contributed by atoms with E-state index in [4.69, 9.17) is 4.74 Å². The minimum atomic E-state index is -0.155. The van der Waals surface area contributed by atoms with Gasteiger partial charge in [0, 0.05) is 32.8 Å². The van der Waals surface area contributed by atoms with Gasteiger partial charge >= 0.3 is 0 Å². The Morgan fingerprint density at radius 1 is 1.15 bits per heavy atom. The van der Waals surface area contributed by atoms with Gasteiger partial charge in [-0.1, -0.05) is 25.5 Å². The van der Waals surface area contributed by atoms with E-state index in [1.165, 1.54) is 12.5 Å². The molecule has 0 aliphatic heterocycles. The Balaban J connectivity index is 2.18. The molecule has 0 spiro atoms. The van der Waals surface area contributed by atoms with Gasteiger partial charge in [0.1, 0.15) is 5.82 Å². The van der Waals surface area contributed by atoms with E-state index < -0.39 is 0 Å². The lowest BCUT2D eigenvalue weighted by Gasteiger charge is -2.23. The molecule has 0 radical (unpaired) electrons. The van der Waals surface area contributed by atoms with Crippen molar-refractivity contribution in [1.29, 1.82) is 0 Å². The van der Waals surface area contributed by atoms with Gasteiger partial charge in [-0.2, -0.15) is 0 Å². The SMILES string of the molecule is CCCCOCCNCCN(CC)c1ccccc1F. The molecule has 0 amide bonds. The molecule has 0 saturated heterocycles. The third kappa shape index (κ3) is 6.35. The molecule has 0 aliphatic carbocycles. The van der Waals surface area contributed by atoms with Crippen LogP contribution in [0.5, 0.6) is 0 Å². The number of likely N-dealkylation sites (N-methyl/N-ethyl adjacent to an activating group) is 1. The van der Waals surface area contributed by atoms with Crippen LogP contribution in [0.1, 0.15) is 26.7 Å². The fraction of sp³-hybridized carbons (Fsp3) is 0.625. The van der Waals surface area contributed by atoms with Gasteiger partial charge < -0.3 is 15.0 Å². The van der Waals surface area contributed by atoms with Crippen molar-refractivity contribution in [1.82, 2.24) is 5.32 Å². The van der Waals surface area contributed by atoms with Crippen molar-refractivity contribution in [2.24, 2.45) is 0 Å². The Labute approximate surface area is 122 Å². The van der Waals surface area contributed by atoms with Crippen LogP contribution in [0.3, 0.4) is 0 Å². The van der Waals surface area contributed by atoms with Gasteiger partial charge in [0.25, 0.3) is 0 Å². The Kier molecular flexibility index (Phi) is 9.00. The van der Waals surface area contributed by atoms with Gasteiger partial charge in [-0.25, -0.2) is 4.39 Å². The highest BCUT2D eigenvalue weighted by Crippen LogP contribution is 2.17. The molecule has 0 atom stereocenters. The summed E-state index contributed by atoms with van der Waals surface area (Å²) in [4.78, 5) is 2.04. The Hall–Kier alpha value is -1.13. The molecule has 1 rings (SSSR count). The molecule has 0 bridgehead atoms. The van der Waals surface area contributed by atoms with Crippen molar-refractivity contribution in [2.45, 2.75) is 26.7 Å². The van der Waals surface area contributed by atoms with Crippen molar-refractivity contribution >= 4 is 5.69 Å². The first-order chi connectivity index (χ1) is 9.79. The Morgan fingerprint density at radius 3 is 2.65 bits per heavy atom. The van der Waals surface area contributed by atoms with Crippen molar-refractivity contribution in [3.8, 4) is 0 Å². The van der Waals surface area contributed by atoms with Gasteiger partial charge in [0.15, 0.2) is 0 Å². The standard InChI is InChI=1S/C16H27FN2O/c1-3-5-13-20-14-11-18-10-12-19(4-2)16-9-7-6-8-15(16)17/h6-9,18H,3-5,10-14H2,1-2H3. The van der Waals surface area contributed by atoms with Crippen LogP contribution in [0, 0.1) is 5.82 Å². The number of hydrogen-bond acceptors (Lipinski definition) is 3. The maximum Gasteiger partial charge on any atom is 0.146 e. The molecular weight excluding hydrogens is 255 g/mol. The van der Waals surface area contributed by atoms with E-state index in [1.807, 2.05) is 24.0 Å². The van der Waals surface area contributed by atoms with Crippen molar-refractivity contribution in [2.75, 3.05) is 44.3 Å². The second-order valence-corrected chi connectivity index (χ2v) is 4.75. The number of rotatable bonds is 11. The molecule has 0 heterocycles. The number of halogens is 1. The maximum absolute atomic E-state index is 13.7. The molecule has 3 nitrogen and oxygen atoms in total. The third-order valence-electron chi connectivity index (χ3n) is 3.20. The smallest absolute Gasteiger partial charge is 0.146 e. The van der Waals surface area contributed by atoms with Gasteiger partial charge in [0.05, 0.1) is 12.3 Å². The van der Waals surface area contributed by atoms with E-state index in [1.54, 1.807) is 6.07 Å². The van der Waals surface area contributed by atoms with Crippen LogP contribution >= 0.6 is 0 Å². The summed E-state index contributed by atoms with van der Waals surface area (Å²) in [5.41, 5.74) is 0.677. The molecule has 1 aromatic rings. The lowest BCUT2D eigenvalue weighted by molar-refractivity contribution is 0.133. The van der Waals surface area contributed by atoms with Crippen LogP contribution in [0.4, 0.5) is 10.1 Å². The summed E-state index contributed by atoms with van der Waals surface area (Å²) in [6.45, 7) is 9.06. The van der Waals surface area contributed by atoms with Crippen molar-refractivity contribution < 1.29 is 9.13 Å². The summed E-state index contributed by atoms with van der Waals surface area (Å²) in [5.74, 6) is -0.155. The predicted octanol–water partition coefficient (Wildman–Crippen LogP) is 3.06. The first kappa shape index (κ1) is 16.9. The monoisotopic (exact) mass is 282 g/mol. The van der Waals surface area contributed by atoms with Crippen LogP contribution in [0.25, 0.3) is 0 Å². The average Bonchev–Trinajstić information content (AvgIpc) is 2.47. The maximum atomic E-state index is 13.7. The zero-order chi connectivity index (χ0) is 14.6. The normalized spacial score (nSPS) is 10.8. The first-order valence-corrected chi connectivity index (χ1v) is 7.57. The number of ether oxygens (including phenoxy) is 1. The largest absolute Gasteiger partial charge is 0.380 e. The highest BCUT2D eigenvalue weighted by Gasteiger charge is 2.08. The van der Waals surface area contributed by atoms with Crippen LogP contribution in [-0.4, -0.2) is 39.4 Å². The number of unbranched alkanes of at least 4 members (excludes halogenated alkanes) is 1. The first-order valence-electron chi connectivity index (χ1n) is 7.57. The molecule has 114 valence electrons. The highest BCUT2D eigenvalue weighted by atomic mass is 19.1. The molecule has 0 saturated carbocycles. The van der Waals surface area contributed by atoms with E-state index in [0.717, 1.165) is 45.8 Å². The second kappa shape index (κ2) is 10.6. The lowest BCUT2D eigenvalue weighted by Crippen LogP contribution is -2.33. The molecule has 20 heavy (non-hydrogen) atoms. The average molecular weight is 282 g/mol. The van der Waals surface area contributed by atoms with E-state index >= 15 is 0 Å². The number of benzene rings is 1.